The van der Waals surface area contributed by atoms with E-state index in [0.29, 0.717) is 17.8 Å². The van der Waals surface area contributed by atoms with Crippen molar-refractivity contribution in [3.63, 3.8) is 0 Å². The number of aromatic hydroxyl groups is 2. The molecule has 0 fully saturated rings. The van der Waals surface area contributed by atoms with Crippen molar-refractivity contribution in [3.8, 4) is 11.8 Å². The van der Waals surface area contributed by atoms with Gasteiger partial charge in [-0.25, -0.2) is 0 Å². The summed E-state index contributed by atoms with van der Waals surface area (Å²) in [5.41, 5.74) is 0.195. The lowest BCUT2D eigenvalue weighted by molar-refractivity contribution is 0.371. The third-order valence-electron chi connectivity index (χ3n) is 3.58. The molecule has 108 valence electrons. The summed E-state index contributed by atoms with van der Waals surface area (Å²) in [6.45, 7) is 8.15. The standard InChI is InChI=1S/C15H26N2O2/c1-5-7-8-9-10-15(3,4)14-16-12(18)11(6-2)13(19)17-14/h5-10H2,1-4H3,(H2,16,17,18,19). The van der Waals surface area contributed by atoms with Crippen LogP contribution in [0.15, 0.2) is 0 Å². The molecule has 4 nitrogen and oxygen atoms in total. The molecule has 0 bridgehead atoms. The molecular weight excluding hydrogens is 240 g/mol. The zero-order chi connectivity index (χ0) is 14.5. The first-order chi connectivity index (χ1) is 8.92. The third-order valence-corrected chi connectivity index (χ3v) is 3.58. The highest BCUT2D eigenvalue weighted by Crippen LogP contribution is 2.32. The summed E-state index contributed by atoms with van der Waals surface area (Å²) in [6, 6.07) is 0. The van der Waals surface area contributed by atoms with Crippen LogP contribution < -0.4 is 0 Å². The summed E-state index contributed by atoms with van der Waals surface area (Å²) in [6.07, 6.45) is 6.24. The van der Waals surface area contributed by atoms with E-state index in [2.05, 4.69) is 30.7 Å². The summed E-state index contributed by atoms with van der Waals surface area (Å²) >= 11 is 0. The molecule has 0 aliphatic heterocycles. The first-order valence-corrected chi connectivity index (χ1v) is 7.21. The fraction of sp³-hybridized carbons (Fsp3) is 0.733. The Morgan fingerprint density at radius 3 is 2.00 bits per heavy atom. The van der Waals surface area contributed by atoms with E-state index in [0.717, 1.165) is 12.8 Å². The molecule has 1 aromatic rings. The average molecular weight is 266 g/mol. The van der Waals surface area contributed by atoms with Crippen molar-refractivity contribution in [2.24, 2.45) is 0 Å². The SMILES string of the molecule is CCCCCCC(C)(C)c1nc(O)c(CC)c(O)n1. The van der Waals surface area contributed by atoms with E-state index in [1.807, 2.05) is 6.92 Å². The summed E-state index contributed by atoms with van der Waals surface area (Å²) in [5.74, 6) is 0.342. The molecule has 0 saturated carbocycles. The predicted molar refractivity (Wildman–Crippen MR) is 76.5 cm³/mol. The van der Waals surface area contributed by atoms with Crippen molar-refractivity contribution in [1.82, 2.24) is 9.97 Å². The molecular formula is C15H26N2O2. The molecule has 0 aromatic carbocycles. The molecule has 0 atom stereocenters. The van der Waals surface area contributed by atoms with E-state index in [9.17, 15) is 10.2 Å². The highest BCUT2D eigenvalue weighted by Gasteiger charge is 2.26. The molecule has 1 heterocycles. The van der Waals surface area contributed by atoms with Gasteiger partial charge in [0.2, 0.25) is 11.8 Å². The van der Waals surface area contributed by atoms with Crippen molar-refractivity contribution < 1.29 is 10.2 Å². The molecule has 0 unspecified atom stereocenters. The van der Waals surface area contributed by atoms with Crippen LogP contribution in [-0.2, 0) is 11.8 Å². The van der Waals surface area contributed by atoms with Gasteiger partial charge in [0.05, 0.1) is 5.56 Å². The Morgan fingerprint density at radius 2 is 1.53 bits per heavy atom. The topological polar surface area (TPSA) is 66.2 Å². The lowest BCUT2D eigenvalue weighted by Crippen LogP contribution is -2.21. The van der Waals surface area contributed by atoms with Crippen molar-refractivity contribution in [1.29, 1.82) is 0 Å². The average Bonchev–Trinajstić information content (AvgIpc) is 2.34. The van der Waals surface area contributed by atoms with Gasteiger partial charge >= 0.3 is 0 Å². The smallest absolute Gasteiger partial charge is 0.221 e. The summed E-state index contributed by atoms with van der Waals surface area (Å²) in [5, 5.41) is 19.7. The minimum absolute atomic E-state index is 0.0911. The Balaban J connectivity index is 2.83. The zero-order valence-electron chi connectivity index (χ0n) is 12.5. The van der Waals surface area contributed by atoms with Crippen molar-refractivity contribution in [2.75, 3.05) is 0 Å². The van der Waals surface area contributed by atoms with Crippen LogP contribution >= 0.6 is 0 Å². The van der Waals surface area contributed by atoms with Crippen molar-refractivity contribution in [2.45, 2.75) is 71.6 Å². The van der Waals surface area contributed by atoms with Crippen molar-refractivity contribution >= 4 is 0 Å². The van der Waals surface area contributed by atoms with Crippen LogP contribution in [0.4, 0.5) is 0 Å². The monoisotopic (exact) mass is 266 g/mol. The van der Waals surface area contributed by atoms with Gasteiger partial charge in [-0.05, 0) is 12.8 Å². The van der Waals surface area contributed by atoms with Crippen LogP contribution in [0, 0.1) is 0 Å². The normalized spacial score (nSPS) is 11.8. The van der Waals surface area contributed by atoms with Crippen LogP contribution in [0.5, 0.6) is 11.8 Å². The fourth-order valence-corrected chi connectivity index (χ4v) is 2.18. The van der Waals surface area contributed by atoms with Gasteiger partial charge in [-0.1, -0.05) is 53.4 Å². The molecule has 19 heavy (non-hydrogen) atoms. The van der Waals surface area contributed by atoms with Gasteiger partial charge in [0.15, 0.2) is 0 Å². The van der Waals surface area contributed by atoms with Gasteiger partial charge in [0.25, 0.3) is 0 Å². The van der Waals surface area contributed by atoms with Gasteiger partial charge in [0, 0.05) is 5.41 Å². The maximum absolute atomic E-state index is 9.83. The maximum Gasteiger partial charge on any atom is 0.221 e. The largest absolute Gasteiger partial charge is 0.493 e. The molecule has 2 N–H and O–H groups in total. The Labute approximate surface area is 115 Å². The van der Waals surface area contributed by atoms with Gasteiger partial charge in [0.1, 0.15) is 5.82 Å². The van der Waals surface area contributed by atoms with Crippen molar-refractivity contribution in [3.05, 3.63) is 11.4 Å². The lowest BCUT2D eigenvalue weighted by atomic mass is 9.85. The number of hydrogen-bond acceptors (Lipinski definition) is 4. The van der Waals surface area contributed by atoms with Gasteiger partial charge < -0.3 is 10.2 Å². The molecule has 0 aliphatic rings. The molecule has 1 rings (SSSR count). The molecule has 0 aliphatic carbocycles. The lowest BCUT2D eigenvalue weighted by Gasteiger charge is -2.23. The Morgan fingerprint density at radius 1 is 0.947 bits per heavy atom. The molecule has 0 spiro atoms. The zero-order valence-corrected chi connectivity index (χ0v) is 12.5. The fourth-order valence-electron chi connectivity index (χ4n) is 2.18. The van der Waals surface area contributed by atoms with Gasteiger partial charge in [-0.15, -0.1) is 0 Å². The Bertz CT molecular complexity index is 394. The predicted octanol–water partition coefficient (Wildman–Crippen LogP) is 3.70. The van der Waals surface area contributed by atoms with E-state index in [1.54, 1.807) is 0 Å². The second-order valence-corrected chi connectivity index (χ2v) is 5.72. The van der Waals surface area contributed by atoms with E-state index >= 15 is 0 Å². The van der Waals surface area contributed by atoms with Gasteiger partial charge in [-0.3, -0.25) is 0 Å². The first kappa shape index (κ1) is 15.7. The van der Waals surface area contributed by atoms with E-state index < -0.39 is 0 Å². The number of hydrogen-bond donors (Lipinski definition) is 2. The Hall–Kier alpha value is -1.32. The first-order valence-electron chi connectivity index (χ1n) is 7.21. The minimum atomic E-state index is -0.227. The number of unbranched alkanes of at least 4 members (excludes halogenated alkanes) is 3. The van der Waals surface area contributed by atoms with Crippen LogP contribution in [-0.4, -0.2) is 20.2 Å². The van der Waals surface area contributed by atoms with Crippen LogP contribution in [0.25, 0.3) is 0 Å². The highest BCUT2D eigenvalue weighted by atomic mass is 16.3. The highest BCUT2D eigenvalue weighted by molar-refractivity contribution is 5.34. The van der Waals surface area contributed by atoms with E-state index in [4.69, 9.17) is 0 Å². The van der Waals surface area contributed by atoms with E-state index in [-0.39, 0.29) is 17.2 Å². The van der Waals surface area contributed by atoms with Crippen LogP contribution in [0.2, 0.25) is 0 Å². The molecule has 1 aromatic heterocycles. The third kappa shape index (κ3) is 4.08. The molecule has 0 amide bonds. The molecule has 0 radical (unpaired) electrons. The Kier molecular flexibility index (Phi) is 5.58. The number of aromatic nitrogens is 2. The minimum Gasteiger partial charge on any atom is -0.493 e. The number of rotatable bonds is 7. The number of nitrogens with zero attached hydrogens (tertiary/aromatic N) is 2. The quantitative estimate of drug-likeness (QED) is 0.738. The maximum atomic E-state index is 9.83. The summed E-state index contributed by atoms with van der Waals surface area (Å²) in [4.78, 5) is 8.32. The van der Waals surface area contributed by atoms with Crippen LogP contribution in [0.3, 0.4) is 0 Å². The summed E-state index contributed by atoms with van der Waals surface area (Å²) < 4.78 is 0. The van der Waals surface area contributed by atoms with Crippen LogP contribution in [0.1, 0.15) is 71.2 Å². The second kappa shape index (κ2) is 6.73. The second-order valence-electron chi connectivity index (χ2n) is 5.72. The summed E-state index contributed by atoms with van der Waals surface area (Å²) in [7, 11) is 0. The van der Waals surface area contributed by atoms with E-state index in [1.165, 1.54) is 19.3 Å². The molecule has 0 saturated heterocycles. The van der Waals surface area contributed by atoms with Gasteiger partial charge in [-0.2, -0.15) is 9.97 Å². The molecule has 4 heteroatoms.